The Hall–Kier alpha value is -2.73. The predicted molar refractivity (Wildman–Crippen MR) is 104 cm³/mol. The second-order valence-electron chi connectivity index (χ2n) is 6.51. The molecule has 0 aromatic heterocycles. The molecule has 0 spiro atoms. The molecule has 3 rings (SSSR count). The molecule has 2 amide bonds. The number of anilines is 1. The van der Waals surface area contributed by atoms with E-state index in [2.05, 4.69) is 0 Å². The highest BCUT2D eigenvalue weighted by molar-refractivity contribution is 6.30. The number of carbonyl (C=O) groups is 2. The van der Waals surface area contributed by atoms with Crippen LogP contribution < -0.4 is 14.4 Å². The zero-order valence-electron chi connectivity index (χ0n) is 15.4. The van der Waals surface area contributed by atoms with Gasteiger partial charge in [0.1, 0.15) is 11.5 Å². The molecule has 2 aromatic rings. The average Bonchev–Trinajstić information content (AvgIpc) is 2.65. The summed E-state index contributed by atoms with van der Waals surface area (Å²) in [5.41, 5.74) is 1.47. The van der Waals surface area contributed by atoms with Gasteiger partial charge in [-0.05, 0) is 42.8 Å². The van der Waals surface area contributed by atoms with Crippen molar-refractivity contribution in [2.45, 2.75) is 13.0 Å². The summed E-state index contributed by atoms with van der Waals surface area (Å²) in [5.74, 6) is 0.642. The van der Waals surface area contributed by atoms with E-state index >= 15 is 0 Å². The molecule has 0 bridgehead atoms. The van der Waals surface area contributed by atoms with Crippen molar-refractivity contribution in [2.75, 3.05) is 32.1 Å². The number of para-hydroxylation sites is 2. The van der Waals surface area contributed by atoms with E-state index in [-0.39, 0.29) is 25.0 Å². The largest absolute Gasteiger partial charge is 0.483 e. The van der Waals surface area contributed by atoms with E-state index in [0.717, 1.165) is 5.56 Å². The van der Waals surface area contributed by atoms with Gasteiger partial charge in [-0.2, -0.15) is 0 Å². The molecule has 0 N–H and O–H groups in total. The molecule has 7 heteroatoms. The number of fused-ring (bicyclic) bond motifs is 1. The number of hydrogen-bond donors (Lipinski definition) is 0. The fraction of sp³-hybridized carbons (Fsp3) is 0.300. The number of carbonyl (C=O) groups excluding carboxylic acids is 2. The molecule has 0 saturated heterocycles. The third kappa shape index (κ3) is 4.17. The molecule has 0 radical (unpaired) electrons. The standard InChI is InChI=1S/C20H21ClN2O4/c1-13-10-14(21)8-9-16(13)26-12-19(24)23-11-18(20(25)22(2)3)27-17-7-5-4-6-15(17)23/h4-10,18H,11-12H2,1-3H3/t18-/m1/s1. The van der Waals surface area contributed by atoms with Crippen molar-refractivity contribution in [3.8, 4) is 11.5 Å². The molecule has 142 valence electrons. The van der Waals surface area contributed by atoms with Gasteiger partial charge in [0.2, 0.25) is 0 Å². The predicted octanol–water partition coefficient (Wildman–Crippen LogP) is 2.91. The molecule has 1 heterocycles. The maximum atomic E-state index is 12.8. The molecular formula is C20H21ClN2O4. The van der Waals surface area contributed by atoms with Gasteiger partial charge >= 0.3 is 0 Å². The normalized spacial score (nSPS) is 15.6. The molecule has 0 saturated carbocycles. The van der Waals surface area contributed by atoms with Crippen LogP contribution in [0.2, 0.25) is 5.02 Å². The van der Waals surface area contributed by atoms with Crippen LogP contribution in [0.3, 0.4) is 0 Å². The number of rotatable bonds is 4. The van der Waals surface area contributed by atoms with Crippen LogP contribution in [0.25, 0.3) is 0 Å². The fourth-order valence-corrected chi connectivity index (χ4v) is 3.11. The van der Waals surface area contributed by atoms with Crippen molar-refractivity contribution in [1.82, 2.24) is 4.90 Å². The zero-order valence-corrected chi connectivity index (χ0v) is 16.2. The quantitative estimate of drug-likeness (QED) is 0.808. The number of aryl methyl sites for hydroxylation is 1. The molecule has 6 nitrogen and oxygen atoms in total. The summed E-state index contributed by atoms with van der Waals surface area (Å²) in [4.78, 5) is 28.2. The summed E-state index contributed by atoms with van der Waals surface area (Å²) in [7, 11) is 3.32. The van der Waals surface area contributed by atoms with Crippen LogP contribution in [-0.2, 0) is 9.59 Å². The summed E-state index contributed by atoms with van der Waals surface area (Å²) in [6.07, 6.45) is -0.754. The number of nitrogens with zero attached hydrogens (tertiary/aromatic N) is 2. The van der Waals surface area contributed by atoms with E-state index in [0.29, 0.717) is 22.2 Å². The Labute approximate surface area is 163 Å². The zero-order chi connectivity index (χ0) is 19.6. The SMILES string of the molecule is Cc1cc(Cl)ccc1OCC(=O)N1C[C@H](C(=O)N(C)C)Oc2ccccc21. The number of benzene rings is 2. The van der Waals surface area contributed by atoms with Crippen molar-refractivity contribution >= 4 is 29.1 Å². The molecular weight excluding hydrogens is 368 g/mol. The van der Waals surface area contributed by atoms with E-state index in [1.165, 1.54) is 9.80 Å². The Bertz CT molecular complexity index is 869. The van der Waals surface area contributed by atoms with Crippen molar-refractivity contribution < 1.29 is 19.1 Å². The Kier molecular flexibility index (Phi) is 5.56. The van der Waals surface area contributed by atoms with Crippen molar-refractivity contribution in [3.05, 3.63) is 53.1 Å². The minimum atomic E-state index is -0.754. The Morgan fingerprint density at radius 2 is 2.00 bits per heavy atom. The first kappa shape index (κ1) is 19.0. The molecule has 0 unspecified atom stereocenters. The van der Waals surface area contributed by atoms with Crippen molar-refractivity contribution in [3.63, 3.8) is 0 Å². The lowest BCUT2D eigenvalue weighted by atomic mass is 10.1. The minimum Gasteiger partial charge on any atom is -0.483 e. The number of likely N-dealkylation sites (N-methyl/N-ethyl adjacent to an activating group) is 1. The first-order chi connectivity index (χ1) is 12.9. The first-order valence-corrected chi connectivity index (χ1v) is 8.91. The molecule has 1 atom stereocenters. The van der Waals surface area contributed by atoms with Crippen LogP contribution in [0.1, 0.15) is 5.56 Å². The van der Waals surface area contributed by atoms with Crippen LogP contribution in [0, 0.1) is 6.92 Å². The molecule has 1 aliphatic heterocycles. The highest BCUT2D eigenvalue weighted by Crippen LogP contribution is 2.33. The van der Waals surface area contributed by atoms with Gasteiger partial charge in [-0.1, -0.05) is 23.7 Å². The molecule has 0 aliphatic carbocycles. The monoisotopic (exact) mass is 388 g/mol. The Balaban J connectivity index is 1.78. The second-order valence-corrected chi connectivity index (χ2v) is 6.95. The van der Waals surface area contributed by atoms with Crippen LogP contribution in [-0.4, -0.2) is 50.1 Å². The minimum absolute atomic E-state index is 0.135. The highest BCUT2D eigenvalue weighted by Gasteiger charge is 2.34. The summed E-state index contributed by atoms with van der Waals surface area (Å²) in [6.45, 7) is 1.84. The lowest BCUT2D eigenvalue weighted by molar-refractivity contribution is -0.136. The van der Waals surface area contributed by atoms with E-state index in [1.54, 1.807) is 50.5 Å². The third-order valence-electron chi connectivity index (χ3n) is 4.28. The second kappa shape index (κ2) is 7.88. The van der Waals surface area contributed by atoms with E-state index in [9.17, 15) is 9.59 Å². The van der Waals surface area contributed by atoms with Gasteiger partial charge in [-0.3, -0.25) is 9.59 Å². The molecule has 1 aliphatic rings. The summed E-state index contributed by atoms with van der Waals surface area (Å²) >= 11 is 5.95. The number of ether oxygens (including phenoxy) is 2. The smallest absolute Gasteiger partial charge is 0.265 e. The van der Waals surface area contributed by atoms with Gasteiger partial charge in [0.15, 0.2) is 12.7 Å². The van der Waals surface area contributed by atoms with Crippen LogP contribution in [0.5, 0.6) is 11.5 Å². The van der Waals surface area contributed by atoms with Crippen LogP contribution >= 0.6 is 11.6 Å². The van der Waals surface area contributed by atoms with E-state index < -0.39 is 6.10 Å². The van der Waals surface area contributed by atoms with Crippen LogP contribution in [0.15, 0.2) is 42.5 Å². The number of hydrogen-bond acceptors (Lipinski definition) is 4. The maximum absolute atomic E-state index is 12.8. The van der Waals surface area contributed by atoms with Gasteiger partial charge in [-0.15, -0.1) is 0 Å². The van der Waals surface area contributed by atoms with Gasteiger partial charge in [0.25, 0.3) is 11.8 Å². The number of halogens is 1. The van der Waals surface area contributed by atoms with Gasteiger partial charge in [0.05, 0.1) is 12.2 Å². The summed E-state index contributed by atoms with van der Waals surface area (Å²) in [6, 6.07) is 12.4. The molecule has 2 aromatic carbocycles. The maximum Gasteiger partial charge on any atom is 0.265 e. The van der Waals surface area contributed by atoms with Crippen molar-refractivity contribution in [1.29, 1.82) is 0 Å². The third-order valence-corrected chi connectivity index (χ3v) is 4.51. The molecule has 0 fully saturated rings. The van der Waals surface area contributed by atoms with Crippen LogP contribution in [0.4, 0.5) is 5.69 Å². The Morgan fingerprint density at radius 1 is 1.26 bits per heavy atom. The van der Waals surface area contributed by atoms with Gasteiger partial charge in [0, 0.05) is 19.1 Å². The van der Waals surface area contributed by atoms with Gasteiger partial charge < -0.3 is 19.3 Å². The fourth-order valence-electron chi connectivity index (χ4n) is 2.88. The average molecular weight is 389 g/mol. The highest BCUT2D eigenvalue weighted by atomic mass is 35.5. The van der Waals surface area contributed by atoms with E-state index in [4.69, 9.17) is 21.1 Å². The lowest BCUT2D eigenvalue weighted by Crippen LogP contribution is -2.51. The Morgan fingerprint density at radius 3 is 2.70 bits per heavy atom. The molecule has 27 heavy (non-hydrogen) atoms. The summed E-state index contributed by atoms with van der Waals surface area (Å²) in [5, 5.41) is 0.610. The topological polar surface area (TPSA) is 59.1 Å². The lowest BCUT2D eigenvalue weighted by Gasteiger charge is -2.35. The summed E-state index contributed by atoms with van der Waals surface area (Å²) < 4.78 is 11.5. The number of amides is 2. The van der Waals surface area contributed by atoms with Crippen molar-refractivity contribution in [2.24, 2.45) is 0 Å². The van der Waals surface area contributed by atoms with E-state index in [1.807, 2.05) is 13.0 Å². The van der Waals surface area contributed by atoms with Gasteiger partial charge in [-0.25, -0.2) is 0 Å². The first-order valence-electron chi connectivity index (χ1n) is 8.53.